The molecule has 1 aliphatic heterocycles. The first-order valence-electron chi connectivity index (χ1n) is 9.23. The van der Waals surface area contributed by atoms with Gasteiger partial charge in [0.25, 0.3) is 11.8 Å². The standard InChI is InChI=1S/C21H18ClN5O2/c22-18-6-2-4-16(12-18)20-24-19(25-29-20)14-26-7-9-27(10-8-26)21(28)17-5-1-3-15(11-17)13-23/h1-6,11-12H,7-10,14H2. The Hall–Kier alpha value is -3.21. The van der Waals surface area contributed by atoms with Gasteiger partial charge in [-0.25, -0.2) is 0 Å². The van der Waals surface area contributed by atoms with E-state index in [1.807, 2.05) is 12.1 Å². The van der Waals surface area contributed by atoms with Crippen molar-refractivity contribution in [2.24, 2.45) is 0 Å². The number of piperazine rings is 1. The largest absolute Gasteiger partial charge is 0.336 e. The van der Waals surface area contributed by atoms with Crippen LogP contribution in [0.1, 0.15) is 21.7 Å². The first-order valence-corrected chi connectivity index (χ1v) is 9.60. The summed E-state index contributed by atoms with van der Waals surface area (Å²) in [5.41, 5.74) is 1.81. The van der Waals surface area contributed by atoms with Crippen LogP contribution in [0.2, 0.25) is 5.02 Å². The van der Waals surface area contributed by atoms with E-state index in [1.165, 1.54) is 0 Å². The van der Waals surface area contributed by atoms with Crippen LogP contribution >= 0.6 is 11.6 Å². The zero-order chi connectivity index (χ0) is 20.2. The molecule has 146 valence electrons. The summed E-state index contributed by atoms with van der Waals surface area (Å²) in [6.07, 6.45) is 0. The minimum absolute atomic E-state index is 0.0513. The second-order valence-electron chi connectivity index (χ2n) is 6.79. The average Bonchev–Trinajstić information content (AvgIpc) is 3.22. The molecule has 2 aromatic carbocycles. The number of carbonyl (C=O) groups is 1. The number of benzene rings is 2. The lowest BCUT2D eigenvalue weighted by atomic mass is 10.1. The van der Waals surface area contributed by atoms with Gasteiger partial charge in [0.15, 0.2) is 5.82 Å². The Bertz CT molecular complexity index is 1070. The van der Waals surface area contributed by atoms with Crippen LogP contribution in [0.5, 0.6) is 0 Å². The highest BCUT2D eigenvalue weighted by atomic mass is 35.5. The Labute approximate surface area is 173 Å². The van der Waals surface area contributed by atoms with E-state index in [2.05, 4.69) is 21.1 Å². The third kappa shape index (κ3) is 4.45. The van der Waals surface area contributed by atoms with Gasteiger partial charge in [0.2, 0.25) is 0 Å². The van der Waals surface area contributed by atoms with E-state index in [-0.39, 0.29) is 5.91 Å². The fraction of sp³-hybridized carbons (Fsp3) is 0.238. The third-order valence-corrected chi connectivity index (χ3v) is 5.04. The van der Waals surface area contributed by atoms with Gasteiger partial charge in [-0.2, -0.15) is 10.2 Å². The first-order chi connectivity index (χ1) is 14.1. The highest BCUT2D eigenvalue weighted by molar-refractivity contribution is 6.30. The molecule has 0 unspecified atom stereocenters. The van der Waals surface area contributed by atoms with E-state index in [0.29, 0.717) is 60.6 Å². The van der Waals surface area contributed by atoms with Crippen molar-refractivity contribution in [2.45, 2.75) is 6.54 Å². The zero-order valence-electron chi connectivity index (χ0n) is 15.6. The van der Waals surface area contributed by atoms with Gasteiger partial charge in [0.1, 0.15) is 0 Å². The van der Waals surface area contributed by atoms with Crippen LogP contribution in [0.15, 0.2) is 53.1 Å². The Morgan fingerprint density at radius 3 is 2.69 bits per heavy atom. The molecule has 0 N–H and O–H groups in total. The summed E-state index contributed by atoms with van der Waals surface area (Å²) < 4.78 is 5.35. The monoisotopic (exact) mass is 407 g/mol. The number of rotatable bonds is 4. The van der Waals surface area contributed by atoms with Gasteiger partial charge in [0, 0.05) is 42.3 Å². The summed E-state index contributed by atoms with van der Waals surface area (Å²) in [5, 5.41) is 13.7. The number of nitriles is 1. The fourth-order valence-corrected chi connectivity index (χ4v) is 3.46. The first kappa shape index (κ1) is 19.1. The third-order valence-electron chi connectivity index (χ3n) is 4.80. The molecule has 1 aliphatic rings. The average molecular weight is 408 g/mol. The number of amides is 1. The molecule has 0 atom stereocenters. The van der Waals surface area contributed by atoms with Crippen LogP contribution in [0.3, 0.4) is 0 Å². The van der Waals surface area contributed by atoms with Crippen molar-refractivity contribution >= 4 is 17.5 Å². The molecular weight excluding hydrogens is 390 g/mol. The quantitative estimate of drug-likeness (QED) is 0.660. The van der Waals surface area contributed by atoms with Crippen LogP contribution in [0, 0.1) is 11.3 Å². The topological polar surface area (TPSA) is 86.3 Å². The second kappa shape index (κ2) is 8.43. The zero-order valence-corrected chi connectivity index (χ0v) is 16.3. The van der Waals surface area contributed by atoms with E-state index >= 15 is 0 Å². The summed E-state index contributed by atoms with van der Waals surface area (Å²) in [6.45, 7) is 3.19. The normalized spacial score (nSPS) is 14.6. The van der Waals surface area contributed by atoms with Gasteiger partial charge in [-0.15, -0.1) is 0 Å². The maximum Gasteiger partial charge on any atom is 0.258 e. The van der Waals surface area contributed by atoms with Crippen LogP contribution in [-0.2, 0) is 6.54 Å². The number of hydrogen-bond acceptors (Lipinski definition) is 6. The number of hydrogen-bond donors (Lipinski definition) is 0. The van der Waals surface area contributed by atoms with Crippen molar-refractivity contribution < 1.29 is 9.32 Å². The molecule has 8 heteroatoms. The Morgan fingerprint density at radius 2 is 1.93 bits per heavy atom. The number of halogens is 1. The molecule has 1 fully saturated rings. The number of aromatic nitrogens is 2. The predicted molar refractivity (Wildman–Crippen MR) is 107 cm³/mol. The fourth-order valence-electron chi connectivity index (χ4n) is 3.27. The SMILES string of the molecule is N#Cc1cccc(C(=O)N2CCN(Cc3noc(-c4cccc(Cl)c4)n3)CC2)c1. The maximum absolute atomic E-state index is 12.7. The summed E-state index contributed by atoms with van der Waals surface area (Å²) in [5.74, 6) is 0.986. The van der Waals surface area contributed by atoms with E-state index in [9.17, 15) is 4.79 Å². The summed E-state index contributed by atoms with van der Waals surface area (Å²) in [6, 6.07) is 16.1. The molecule has 7 nitrogen and oxygen atoms in total. The molecule has 0 radical (unpaired) electrons. The van der Waals surface area contributed by atoms with Crippen molar-refractivity contribution in [3.05, 3.63) is 70.5 Å². The van der Waals surface area contributed by atoms with Crippen molar-refractivity contribution in [1.82, 2.24) is 19.9 Å². The smallest absolute Gasteiger partial charge is 0.258 e. The molecule has 3 aromatic rings. The Kier molecular flexibility index (Phi) is 5.56. The summed E-state index contributed by atoms with van der Waals surface area (Å²) >= 11 is 6.01. The van der Waals surface area contributed by atoms with E-state index in [0.717, 1.165) is 5.56 Å². The lowest BCUT2D eigenvalue weighted by Crippen LogP contribution is -2.48. The van der Waals surface area contributed by atoms with E-state index in [4.69, 9.17) is 21.4 Å². The van der Waals surface area contributed by atoms with Crippen LogP contribution in [0.4, 0.5) is 0 Å². The molecular formula is C21H18ClN5O2. The van der Waals surface area contributed by atoms with Gasteiger partial charge in [-0.1, -0.05) is 28.9 Å². The molecule has 1 saturated heterocycles. The highest BCUT2D eigenvalue weighted by Gasteiger charge is 2.23. The molecule has 1 aromatic heterocycles. The summed E-state index contributed by atoms with van der Waals surface area (Å²) in [7, 11) is 0. The second-order valence-corrected chi connectivity index (χ2v) is 7.22. The van der Waals surface area contributed by atoms with Crippen molar-refractivity contribution in [3.8, 4) is 17.5 Å². The van der Waals surface area contributed by atoms with Crippen LogP contribution in [0.25, 0.3) is 11.5 Å². The molecule has 1 amide bonds. The predicted octanol–water partition coefficient (Wildman–Crippen LogP) is 3.22. The van der Waals surface area contributed by atoms with Crippen LogP contribution < -0.4 is 0 Å². The van der Waals surface area contributed by atoms with Gasteiger partial charge in [0.05, 0.1) is 18.2 Å². The van der Waals surface area contributed by atoms with Crippen molar-refractivity contribution in [3.63, 3.8) is 0 Å². The van der Waals surface area contributed by atoms with Gasteiger partial charge >= 0.3 is 0 Å². The molecule has 0 spiro atoms. The van der Waals surface area contributed by atoms with Gasteiger partial charge in [-0.05, 0) is 36.4 Å². The Morgan fingerprint density at radius 1 is 1.14 bits per heavy atom. The highest BCUT2D eigenvalue weighted by Crippen LogP contribution is 2.21. The number of carbonyl (C=O) groups excluding carboxylic acids is 1. The lowest BCUT2D eigenvalue weighted by molar-refractivity contribution is 0.0624. The van der Waals surface area contributed by atoms with Gasteiger partial charge < -0.3 is 9.42 Å². The molecule has 29 heavy (non-hydrogen) atoms. The lowest BCUT2D eigenvalue weighted by Gasteiger charge is -2.34. The molecule has 0 aliphatic carbocycles. The summed E-state index contributed by atoms with van der Waals surface area (Å²) in [4.78, 5) is 21.1. The van der Waals surface area contributed by atoms with Gasteiger partial charge in [-0.3, -0.25) is 9.69 Å². The number of nitrogens with zero attached hydrogens (tertiary/aromatic N) is 5. The van der Waals surface area contributed by atoms with Crippen molar-refractivity contribution in [1.29, 1.82) is 5.26 Å². The van der Waals surface area contributed by atoms with Crippen molar-refractivity contribution in [2.75, 3.05) is 26.2 Å². The minimum Gasteiger partial charge on any atom is -0.336 e. The Balaban J connectivity index is 1.34. The van der Waals surface area contributed by atoms with Crippen LogP contribution in [-0.4, -0.2) is 52.0 Å². The molecule has 0 saturated carbocycles. The van der Waals surface area contributed by atoms with E-state index < -0.39 is 0 Å². The minimum atomic E-state index is -0.0513. The molecule has 0 bridgehead atoms. The molecule has 2 heterocycles. The molecule has 4 rings (SSSR count). The maximum atomic E-state index is 12.7. The van der Waals surface area contributed by atoms with E-state index in [1.54, 1.807) is 41.3 Å².